The second kappa shape index (κ2) is 8.71. The van der Waals surface area contributed by atoms with Gasteiger partial charge in [0.1, 0.15) is 6.10 Å². The number of rotatable bonds is 4. The van der Waals surface area contributed by atoms with E-state index < -0.39 is 12.2 Å². The highest BCUT2D eigenvalue weighted by atomic mass is 16.5. The summed E-state index contributed by atoms with van der Waals surface area (Å²) >= 11 is 0. The summed E-state index contributed by atoms with van der Waals surface area (Å²) in [7, 11) is 0. The number of hydrogen-bond donors (Lipinski definition) is 2. The van der Waals surface area contributed by atoms with Gasteiger partial charge in [-0.3, -0.25) is 0 Å². The van der Waals surface area contributed by atoms with E-state index in [1.165, 1.54) is 31.3 Å². The molecule has 4 nitrogen and oxygen atoms in total. The fraction of sp³-hybridized carbons (Fsp3) is 0.667. The molecule has 0 aromatic heterocycles. The van der Waals surface area contributed by atoms with Crippen molar-refractivity contribution < 1.29 is 19.7 Å². The van der Waals surface area contributed by atoms with Crippen LogP contribution in [-0.2, 0) is 9.53 Å². The van der Waals surface area contributed by atoms with Gasteiger partial charge in [0.2, 0.25) is 0 Å². The van der Waals surface area contributed by atoms with Gasteiger partial charge < -0.3 is 14.9 Å². The first-order chi connectivity index (χ1) is 14.7. The zero-order valence-electron chi connectivity index (χ0n) is 19.1. The highest BCUT2D eigenvalue weighted by Gasteiger charge is 2.49. The zero-order valence-corrected chi connectivity index (χ0v) is 19.1. The molecule has 0 radical (unpaired) electrons. The largest absolute Gasteiger partial charge is 0.459 e. The van der Waals surface area contributed by atoms with Crippen molar-refractivity contribution in [3.8, 4) is 0 Å². The molecule has 4 fully saturated rings. The van der Waals surface area contributed by atoms with Crippen molar-refractivity contribution in [2.75, 3.05) is 0 Å². The summed E-state index contributed by atoms with van der Waals surface area (Å²) < 4.78 is 5.46. The Labute approximate surface area is 186 Å². The normalized spacial score (nSPS) is 43.5. The van der Waals surface area contributed by atoms with Crippen LogP contribution in [0.5, 0.6) is 0 Å². The summed E-state index contributed by atoms with van der Waals surface area (Å²) in [6, 6.07) is 0. The van der Waals surface area contributed by atoms with E-state index in [-0.39, 0.29) is 18.0 Å². The molecule has 3 saturated carbocycles. The molecule has 170 valence electrons. The Hall–Kier alpha value is -1.65. The Kier molecular flexibility index (Phi) is 6.33. The van der Waals surface area contributed by atoms with Gasteiger partial charge in [0.25, 0.3) is 0 Å². The third-order valence-corrected chi connectivity index (χ3v) is 8.84. The van der Waals surface area contributed by atoms with E-state index in [1.807, 2.05) is 6.92 Å². The molecule has 2 N–H and O–H groups in total. The van der Waals surface area contributed by atoms with Gasteiger partial charge in [0.15, 0.2) is 0 Å². The number of esters is 1. The van der Waals surface area contributed by atoms with E-state index in [2.05, 4.69) is 32.2 Å². The monoisotopic (exact) mass is 426 g/mol. The number of ether oxygens (including phenoxy) is 1. The average molecular weight is 427 g/mol. The van der Waals surface area contributed by atoms with Crippen LogP contribution in [0.15, 0.2) is 47.6 Å². The van der Waals surface area contributed by atoms with Crippen LogP contribution < -0.4 is 0 Å². The van der Waals surface area contributed by atoms with Crippen molar-refractivity contribution in [2.45, 2.75) is 89.9 Å². The van der Waals surface area contributed by atoms with Gasteiger partial charge in [-0.1, -0.05) is 44.7 Å². The molecular weight excluding hydrogens is 388 g/mol. The lowest BCUT2D eigenvalue weighted by Crippen LogP contribution is -2.36. The summed E-state index contributed by atoms with van der Waals surface area (Å²) in [6.45, 7) is 12.2. The van der Waals surface area contributed by atoms with Gasteiger partial charge in [-0.05, 0) is 79.8 Å². The van der Waals surface area contributed by atoms with Gasteiger partial charge in [-0.2, -0.15) is 0 Å². The van der Waals surface area contributed by atoms with Crippen LogP contribution in [0.4, 0.5) is 0 Å². The first-order valence-corrected chi connectivity index (χ1v) is 12.0. The van der Waals surface area contributed by atoms with Crippen molar-refractivity contribution in [3.63, 3.8) is 0 Å². The standard InChI is InChI=1S/C27H38O4/c1-16-14-22(31-26(16)30)11-9-21-10-12-23-19(6-5-13-27(21,23)4)7-8-20-15-24(28)18(3)25(29)17(20)2/h7-8,18,21-25,28-29H,1-2,5-6,9-15H2,3-4H3/b19-7+,20-8-. The van der Waals surface area contributed by atoms with Gasteiger partial charge >= 0.3 is 5.97 Å². The van der Waals surface area contributed by atoms with Crippen LogP contribution in [0, 0.1) is 23.2 Å². The smallest absolute Gasteiger partial charge is 0.333 e. The lowest BCUT2D eigenvalue weighted by Gasteiger charge is -2.42. The van der Waals surface area contributed by atoms with E-state index in [4.69, 9.17) is 4.74 Å². The van der Waals surface area contributed by atoms with Gasteiger partial charge in [-0.25, -0.2) is 4.79 Å². The molecule has 0 aromatic carbocycles. The number of fused-ring (bicyclic) bond motifs is 1. The minimum Gasteiger partial charge on any atom is -0.459 e. The van der Waals surface area contributed by atoms with Crippen molar-refractivity contribution in [1.29, 1.82) is 0 Å². The summed E-state index contributed by atoms with van der Waals surface area (Å²) in [5.41, 5.74) is 4.17. The van der Waals surface area contributed by atoms with E-state index in [0.29, 0.717) is 35.7 Å². The van der Waals surface area contributed by atoms with Gasteiger partial charge in [0, 0.05) is 17.9 Å². The minimum atomic E-state index is -0.665. The first kappa shape index (κ1) is 22.5. The molecule has 31 heavy (non-hydrogen) atoms. The Morgan fingerprint density at radius 2 is 1.94 bits per heavy atom. The van der Waals surface area contributed by atoms with E-state index >= 15 is 0 Å². The molecule has 7 atom stereocenters. The van der Waals surface area contributed by atoms with Gasteiger partial charge in [-0.15, -0.1) is 0 Å². The maximum atomic E-state index is 11.6. The van der Waals surface area contributed by atoms with Crippen molar-refractivity contribution >= 4 is 5.97 Å². The molecule has 0 amide bonds. The molecule has 1 aliphatic heterocycles. The van der Waals surface area contributed by atoms with Crippen molar-refractivity contribution in [3.05, 3.63) is 47.6 Å². The Morgan fingerprint density at radius 3 is 2.65 bits per heavy atom. The van der Waals surface area contributed by atoms with Crippen molar-refractivity contribution in [2.24, 2.45) is 23.2 Å². The van der Waals surface area contributed by atoms with Crippen LogP contribution in [0.3, 0.4) is 0 Å². The molecule has 4 rings (SSSR count). The SMILES string of the molecule is C=C1CC(CCC2CCC3/C(=C/C=C4/CC(O)C(C)C(O)C4=C)CCCC23C)OC1=O. The zero-order chi connectivity index (χ0) is 22.3. The van der Waals surface area contributed by atoms with Crippen LogP contribution in [0.1, 0.15) is 71.6 Å². The fourth-order valence-electron chi connectivity index (χ4n) is 6.65. The summed E-state index contributed by atoms with van der Waals surface area (Å²) in [4.78, 5) is 11.6. The van der Waals surface area contributed by atoms with Crippen LogP contribution in [0.25, 0.3) is 0 Å². The quantitative estimate of drug-likeness (QED) is 0.489. The second-order valence-electron chi connectivity index (χ2n) is 10.6. The minimum absolute atomic E-state index is 0.0172. The number of carbonyl (C=O) groups is 1. The molecule has 4 aliphatic rings. The molecule has 1 heterocycles. The maximum absolute atomic E-state index is 11.6. The molecule has 0 spiro atoms. The molecule has 3 aliphatic carbocycles. The Morgan fingerprint density at radius 1 is 1.16 bits per heavy atom. The van der Waals surface area contributed by atoms with E-state index in [1.54, 1.807) is 0 Å². The third-order valence-electron chi connectivity index (χ3n) is 8.84. The van der Waals surface area contributed by atoms with E-state index in [9.17, 15) is 15.0 Å². The molecule has 4 heteroatoms. The lowest BCUT2D eigenvalue weighted by molar-refractivity contribution is -0.139. The van der Waals surface area contributed by atoms with Crippen LogP contribution >= 0.6 is 0 Å². The molecule has 0 aromatic rings. The summed E-state index contributed by atoms with van der Waals surface area (Å²) in [5.74, 6) is 0.873. The molecule has 1 saturated heterocycles. The summed E-state index contributed by atoms with van der Waals surface area (Å²) in [5, 5.41) is 20.7. The van der Waals surface area contributed by atoms with Crippen molar-refractivity contribution in [1.82, 2.24) is 0 Å². The lowest BCUT2D eigenvalue weighted by atomic mass is 9.62. The molecule has 0 bridgehead atoms. The Balaban J connectivity index is 1.44. The number of aliphatic hydroxyl groups is 2. The highest BCUT2D eigenvalue weighted by molar-refractivity contribution is 5.89. The van der Waals surface area contributed by atoms with Crippen LogP contribution in [-0.4, -0.2) is 34.5 Å². The highest BCUT2D eigenvalue weighted by Crippen LogP contribution is 2.58. The average Bonchev–Trinajstić information content (AvgIpc) is 3.24. The fourth-order valence-corrected chi connectivity index (χ4v) is 6.65. The molecular formula is C27H38O4. The topological polar surface area (TPSA) is 66.8 Å². The number of aliphatic hydroxyl groups excluding tert-OH is 2. The van der Waals surface area contributed by atoms with Gasteiger partial charge in [0.05, 0.1) is 12.2 Å². The third kappa shape index (κ3) is 4.21. The van der Waals surface area contributed by atoms with Crippen LogP contribution in [0.2, 0.25) is 0 Å². The molecule has 7 unspecified atom stereocenters. The van der Waals surface area contributed by atoms with E-state index in [0.717, 1.165) is 30.4 Å². The number of hydrogen-bond acceptors (Lipinski definition) is 4. The predicted molar refractivity (Wildman–Crippen MR) is 122 cm³/mol. The number of allylic oxidation sites excluding steroid dienone is 3. The predicted octanol–water partition coefficient (Wildman–Crippen LogP) is 5.03. The number of carbonyl (C=O) groups excluding carboxylic acids is 1. The Bertz CT molecular complexity index is 805. The second-order valence-corrected chi connectivity index (χ2v) is 10.6. The number of cyclic esters (lactones) is 1. The first-order valence-electron chi connectivity index (χ1n) is 12.0. The maximum Gasteiger partial charge on any atom is 0.333 e. The summed E-state index contributed by atoms with van der Waals surface area (Å²) in [6.07, 6.45) is 12.6.